The molecule has 0 bridgehead atoms. The normalized spacial score (nSPS) is 17.5. The van der Waals surface area contributed by atoms with Crippen LogP contribution in [-0.2, 0) is 23.3 Å². The number of carbonyl (C=O) groups excluding carboxylic acids is 1. The molecule has 1 aromatic carbocycles. The van der Waals surface area contributed by atoms with E-state index < -0.39 is 11.5 Å². The van der Waals surface area contributed by atoms with Gasteiger partial charge in [0.2, 0.25) is 5.91 Å². The molecule has 1 atom stereocenters. The van der Waals surface area contributed by atoms with E-state index in [1.807, 2.05) is 42.5 Å². The zero-order valence-electron chi connectivity index (χ0n) is 19.5. The fourth-order valence-electron chi connectivity index (χ4n) is 5.44. The number of aromatic amines is 1. The van der Waals surface area contributed by atoms with Gasteiger partial charge in [0.15, 0.2) is 11.0 Å². The van der Waals surface area contributed by atoms with Crippen LogP contribution in [0.15, 0.2) is 71.8 Å². The van der Waals surface area contributed by atoms with Crippen LogP contribution in [-0.4, -0.2) is 25.4 Å². The van der Waals surface area contributed by atoms with E-state index in [9.17, 15) is 9.59 Å². The number of amides is 1. The lowest BCUT2D eigenvalue weighted by molar-refractivity contribution is -0.124. The molecule has 3 N–H and O–H groups in total. The van der Waals surface area contributed by atoms with Crippen LogP contribution in [0.1, 0.15) is 42.3 Å². The summed E-state index contributed by atoms with van der Waals surface area (Å²) in [6.07, 6.45) is 9.63. The van der Waals surface area contributed by atoms with E-state index in [1.54, 1.807) is 17.0 Å². The largest absolute Gasteiger partial charge is 0.361 e. The van der Waals surface area contributed by atoms with E-state index in [4.69, 9.17) is 11.6 Å². The molecule has 8 nitrogen and oxygen atoms in total. The molecule has 4 heterocycles. The Hall–Kier alpha value is -3.91. The Bertz CT molecular complexity index is 1500. The highest BCUT2D eigenvalue weighted by Crippen LogP contribution is 2.50. The molecule has 9 heteroatoms. The lowest BCUT2D eigenvalue weighted by atomic mass is 9.80. The standard InChI is InChI=1S/C27H25ClN6O2/c28-23-22-27(9-4-5-10-27)13-21(25(35)31-16-19-12-18-15-29-11-8-20(18)32-19)34(22)26(36)24(33-23)30-14-17-6-2-1-3-7-17/h1-8,11-12,15,21,32H,9-10,13-14,16H2,(H,30,33)(H,31,35)/t21-/m0/s1. The first-order valence-corrected chi connectivity index (χ1v) is 12.4. The number of nitrogens with zero attached hydrogens (tertiary/aromatic N) is 3. The van der Waals surface area contributed by atoms with Gasteiger partial charge >= 0.3 is 0 Å². The van der Waals surface area contributed by atoms with Crippen LogP contribution in [0, 0.1) is 0 Å². The van der Waals surface area contributed by atoms with Gasteiger partial charge in [-0.3, -0.25) is 19.1 Å². The second-order valence-electron chi connectivity index (χ2n) is 9.47. The van der Waals surface area contributed by atoms with Crippen molar-refractivity contribution in [3.63, 3.8) is 0 Å². The van der Waals surface area contributed by atoms with Gasteiger partial charge in [-0.2, -0.15) is 0 Å². The fourth-order valence-corrected chi connectivity index (χ4v) is 5.82. The average Bonchev–Trinajstić information content (AvgIpc) is 3.62. The second-order valence-corrected chi connectivity index (χ2v) is 9.83. The first-order valence-electron chi connectivity index (χ1n) is 12.0. The van der Waals surface area contributed by atoms with Crippen LogP contribution < -0.4 is 16.2 Å². The number of nitrogens with one attached hydrogen (secondary N) is 3. The second kappa shape index (κ2) is 8.95. The Morgan fingerprint density at radius 1 is 1.17 bits per heavy atom. The minimum Gasteiger partial charge on any atom is -0.361 e. The van der Waals surface area contributed by atoms with Crippen LogP contribution in [0.25, 0.3) is 10.9 Å². The molecule has 6 rings (SSSR count). The number of rotatable bonds is 6. The van der Waals surface area contributed by atoms with Gasteiger partial charge < -0.3 is 15.6 Å². The molecule has 0 radical (unpaired) electrons. The Morgan fingerprint density at radius 2 is 1.97 bits per heavy atom. The number of anilines is 1. The van der Waals surface area contributed by atoms with E-state index in [2.05, 4.69) is 37.7 Å². The maximum absolute atomic E-state index is 13.6. The predicted molar refractivity (Wildman–Crippen MR) is 139 cm³/mol. The van der Waals surface area contributed by atoms with Gasteiger partial charge in [0.05, 0.1) is 12.2 Å². The maximum atomic E-state index is 13.6. The van der Waals surface area contributed by atoms with Crippen molar-refractivity contribution >= 4 is 34.2 Å². The van der Waals surface area contributed by atoms with Crippen molar-refractivity contribution in [2.45, 2.75) is 43.8 Å². The molecule has 0 unspecified atom stereocenters. The molecule has 182 valence electrons. The molecule has 1 spiro atoms. The quantitative estimate of drug-likeness (QED) is 0.343. The third-order valence-corrected chi connectivity index (χ3v) is 7.45. The Balaban J connectivity index is 1.30. The van der Waals surface area contributed by atoms with Crippen molar-refractivity contribution < 1.29 is 4.79 Å². The lowest BCUT2D eigenvalue weighted by Gasteiger charge is -2.23. The molecule has 1 aliphatic carbocycles. The van der Waals surface area contributed by atoms with Gasteiger partial charge in [-0.25, -0.2) is 4.98 Å². The van der Waals surface area contributed by atoms with Crippen molar-refractivity contribution in [1.82, 2.24) is 24.8 Å². The Labute approximate surface area is 212 Å². The third-order valence-electron chi connectivity index (χ3n) is 7.18. The van der Waals surface area contributed by atoms with E-state index in [1.165, 1.54) is 0 Å². The molecule has 2 aliphatic rings. The molecule has 3 aromatic heterocycles. The first kappa shape index (κ1) is 22.5. The number of hydrogen-bond acceptors (Lipinski definition) is 5. The number of H-pyrrole nitrogens is 1. The monoisotopic (exact) mass is 500 g/mol. The summed E-state index contributed by atoms with van der Waals surface area (Å²) in [4.78, 5) is 39.0. The average molecular weight is 501 g/mol. The number of aromatic nitrogens is 4. The minimum atomic E-state index is -0.670. The topological polar surface area (TPSA) is 105 Å². The van der Waals surface area contributed by atoms with Crippen LogP contribution >= 0.6 is 11.6 Å². The number of hydrogen-bond donors (Lipinski definition) is 3. The molecule has 0 saturated heterocycles. The summed E-state index contributed by atoms with van der Waals surface area (Å²) >= 11 is 6.70. The number of benzene rings is 1. The van der Waals surface area contributed by atoms with Gasteiger partial charge in [-0.05, 0) is 37.0 Å². The Kier molecular flexibility index (Phi) is 5.60. The van der Waals surface area contributed by atoms with Gasteiger partial charge in [0.1, 0.15) is 6.04 Å². The summed E-state index contributed by atoms with van der Waals surface area (Å²) in [5.41, 5.74) is 2.77. The maximum Gasteiger partial charge on any atom is 0.294 e. The van der Waals surface area contributed by atoms with Crippen molar-refractivity contribution in [3.05, 3.63) is 99.5 Å². The summed E-state index contributed by atoms with van der Waals surface area (Å²) in [6, 6.07) is 12.9. The highest BCUT2D eigenvalue weighted by atomic mass is 35.5. The molecular formula is C27H25ClN6O2. The molecular weight excluding hydrogens is 476 g/mol. The van der Waals surface area contributed by atoms with E-state index >= 15 is 0 Å². The summed E-state index contributed by atoms with van der Waals surface area (Å²) in [7, 11) is 0. The highest BCUT2D eigenvalue weighted by molar-refractivity contribution is 6.30. The zero-order chi connectivity index (χ0) is 24.7. The summed E-state index contributed by atoms with van der Waals surface area (Å²) in [5.74, 6) is -0.0632. The fraction of sp³-hybridized carbons (Fsp3) is 0.259. The van der Waals surface area contributed by atoms with E-state index in [0.29, 0.717) is 25.2 Å². The molecule has 4 aromatic rings. The zero-order valence-corrected chi connectivity index (χ0v) is 20.3. The number of allylic oxidation sites excluding steroid dienone is 2. The van der Waals surface area contributed by atoms with Gasteiger partial charge in [0.25, 0.3) is 5.56 Å². The number of carbonyl (C=O) groups is 1. The molecule has 0 fully saturated rings. The van der Waals surface area contributed by atoms with Crippen molar-refractivity contribution in [1.29, 1.82) is 0 Å². The highest BCUT2D eigenvalue weighted by Gasteiger charge is 2.49. The summed E-state index contributed by atoms with van der Waals surface area (Å²) < 4.78 is 1.57. The van der Waals surface area contributed by atoms with Crippen LogP contribution in [0.2, 0.25) is 5.15 Å². The summed E-state index contributed by atoms with van der Waals surface area (Å²) in [6.45, 7) is 0.745. The van der Waals surface area contributed by atoms with E-state index in [0.717, 1.165) is 35.0 Å². The van der Waals surface area contributed by atoms with Crippen molar-refractivity contribution in [3.8, 4) is 0 Å². The number of pyridine rings is 1. The molecule has 1 aliphatic heterocycles. The van der Waals surface area contributed by atoms with Gasteiger partial charge in [-0.15, -0.1) is 0 Å². The van der Waals surface area contributed by atoms with E-state index in [-0.39, 0.29) is 22.4 Å². The van der Waals surface area contributed by atoms with Gasteiger partial charge in [-0.1, -0.05) is 54.1 Å². The van der Waals surface area contributed by atoms with Crippen LogP contribution in [0.3, 0.4) is 0 Å². The van der Waals surface area contributed by atoms with Crippen LogP contribution in [0.4, 0.5) is 5.82 Å². The van der Waals surface area contributed by atoms with Crippen molar-refractivity contribution in [2.24, 2.45) is 0 Å². The van der Waals surface area contributed by atoms with Gasteiger partial charge in [0, 0.05) is 41.0 Å². The van der Waals surface area contributed by atoms with Crippen molar-refractivity contribution in [2.75, 3.05) is 5.32 Å². The first-order chi connectivity index (χ1) is 17.5. The third kappa shape index (κ3) is 3.87. The smallest absolute Gasteiger partial charge is 0.294 e. The molecule has 1 amide bonds. The molecule has 36 heavy (non-hydrogen) atoms. The minimum absolute atomic E-state index is 0.150. The molecule has 0 saturated carbocycles. The Morgan fingerprint density at radius 3 is 2.75 bits per heavy atom. The van der Waals surface area contributed by atoms with Crippen LogP contribution in [0.5, 0.6) is 0 Å². The summed E-state index contributed by atoms with van der Waals surface area (Å²) in [5, 5.41) is 7.39. The predicted octanol–water partition coefficient (Wildman–Crippen LogP) is 4.23. The number of fused-ring (bicyclic) bond motifs is 3. The lowest BCUT2D eigenvalue weighted by Crippen LogP contribution is -2.36. The number of halogens is 1. The SMILES string of the molecule is O=C(NCc1cc2cnccc2[nH]1)[C@@H]1CC2(CC=CC2)c2c(Cl)nc(NCc3ccccc3)c(=O)n21.